The number of hydrogen-bond acceptors (Lipinski definition) is 6. The first kappa shape index (κ1) is 17.0. The van der Waals surface area contributed by atoms with Crippen LogP contribution < -0.4 is 19.5 Å². The number of benzene rings is 2. The molecule has 0 atom stereocenters. The number of amides is 1. The Hall–Kier alpha value is -2.80. The third-order valence-corrected chi connectivity index (χ3v) is 4.90. The van der Waals surface area contributed by atoms with E-state index in [9.17, 15) is 4.79 Å². The molecule has 6 nitrogen and oxygen atoms in total. The summed E-state index contributed by atoms with van der Waals surface area (Å²) in [7, 11) is 4.67. The van der Waals surface area contributed by atoms with Crippen LogP contribution in [-0.2, 0) is 0 Å². The highest BCUT2D eigenvalue weighted by atomic mass is 32.1. The Balaban J connectivity index is 1.96. The summed E-state index contributed by atoms with van der Waals surface area (Å²) in [5.74, 6) is 1.41. The zero-order chi connectivity index (χ0) is 18.0. The van der Waals surface area contributed by atoms with E-state index in [-0.39, 0.29) is 5.91 Å². The minimum Gasteiger partial charge on any atom is -0.497 e. The van der Waals surface area contributed by atoms with Crippen LogP contribution in [0.1, 0.15) is 15.9 Å². The summed E-state index contributed by atoms with van der Waals surface area (Å²) >= 11 is 1.40. The van der Waals surface area contributed by atoms with Gasteiger partial charge in [0, 0.05) is 0 Å². The first-order valence-electron chi connectivity index (χ1n) is 7.55. The van der Waals surface area contributed by atoms with Crippen molar-refractivity contribution in [2.45, 2.75) is 6.92 Å². The largest absolute Gasteiger partial charge is 0.497 e. The van der Waals surface area contributed by atoms with E-state index in [4.69, 9.17) is 14.2 Å². The van der Waals surface area contributed by atoms with Crippen LogP contribution in [0, 0.1) is 6.92 Å². The van der Waals surface area contributed by atoms with Crippen molar-refractivity contribution in [3.05, 3.63) is 41.5 Å². The molecule has 25 heavy (non-hydrogen) atoms. The van der Waals surface area contributed by atoms with Gasteiger partial charge in [-0.05, 0) is 36.8 Å². The summed E-state index contributed by atoms with van der Waals surface area (Å²) in [6, 6.07) is 8.90. The van der Waals surface area contributed by atoms with Crippen LogP contribution in [0.5, 0.6) is 17.2 Å². The lowest BCUT2D eigenvalue weighted by molar-refractivity contribution is 0.102. The van der Waals surface area contributed by atoms with Gasteiger partial charge in [0.1, 0.15) is 22.8 Å². The number of carbonyl (C=O) groups excluding carboxylic acids is 1. The van der Waals surface area contributed by atoms with Crippen LogP contribution in [0.25, 0.3) is 10.2 Å². The van der Waals surface area contributed by atoms with E-state index in [0.29, 0.717) is 27.9 Å². The summed E-state index contributed by atoms with van der Waals surface area (Å²) in [5, 5.41) is 3.33. The zero-order valence-electron chi connectivity index (χ0n) is 14.4. The van der Waals surface area contributed by atoms with E-state index in [1.54, 1.807) is 32.4 Å². The molecule has 1 amide bonds. The Morgan fingerprint density at radius 2 is 1.76 bits per heavy atom. The predicted molar refractivity (Wildman–Crippen MR) is 98.4 cm³/mol. The average Bonchev–Trinajstić information content (AvgIpc) is 3.06. The van der Waals surface area contributed by atoms with E-state index < -0.39 is 0 Å². The summed E-state index contributed by atoms with van der Waals surface area (Å²) in [5.41, 5.74) is 2.19. The number of carbonyl (C=O) groups is 1. The first-order chi connectivity index (χ1) is 12.1. The number of hydrogen-bond donors (Lipinski definition) is 1. The molecule has 0 aliphatic carbocycles. The monoisotopic (exact) mass is 358 g/mol. The normalized spacial score (nSPS) is 10.6. The zero-order valence-corrected chi connectivity index (χ0v) is 15.2. The second-order valence-corrected chi connectivity index (χ2v) is 6.30. The molecule has 2 aromatic carbocycles. The lowest BCUT2D eigenvalue weighted by Gasteiger charge is -2.09. The summed E-state index contributed by atoms with van der Waals surface area (Å²) in [4.78, 5) is 17.2. The Kier molecular flexibility index (Phi) is 4.76. The maximum atomic E-state index is 12.7. The Morgan fingerprint density at radius 1 is 1.04 bits per heavy atom. The van der Waals surface area contributed by atoms with Gasteiger partial charge in [-0.15, -0.1) is 0 Å². The molecule has 0 saturated heterocycles. The fourth-order valence-electron chi connectivity index (χ4n) is 2.48. The number of nitrogens with zero attached hydrogens (tertiary/aromatic N) is 1. The van der Waals surface area contributed by atoms with Gasteiger partial charge in [0.2, 0.25) is 0 Å². The molecule has 0 saturated carbocycles. The van der Waals surface area contributed by atoms with Crippen LogP contribution in [0.3, 0.4) is 0 Å². The lowest BCUT2D eigenvalue weighted by Crippen LogP contribution is -2.13. The fraction of sp³-hybridized carbons (Fsp3) is 0.222. The van der Waals surface area contributed by atoms with Crippen molar-refractivity contribution < 1.29 is 19.0 Å². The fourth-order valence-corrected chi connectivity index (χ4v) is 3.43. The van der Waals surface area contributed by atoms with Gasteiger partial charge in [-0.2, -0.15) is 0 Å². The van der Waals surface area contributed by atoms with Crippen LogP contribution in [0.15, 0.2) is 30.3 Å². The molecule has 0 bridgehead atoms. The number of nitrogens with one attached hydrogen (secondary N) is 1. The van der Waals surface area contributed by atoms with Crippen molar-refractivity contribution in [3.63, 3.8) is 0 Å². The van der Waals surface area contributed by atoms with Gasteiger partial charge in [0.05, 0.1) is 31.6 Å². The highest BCUT2D eigenvalue weighted by Gasteiger charge is 2.17. The summed E-state index contributed by atoms with van der Waals surface area (Å²) in [6.07, 6.45) is 0. The molecule has 1 aromatic heterocycles. The molecule has 1 heterocycles. The number of aromatic nitrogens is 1. The van der Waals surface area contributed by atoms with Crippen molar-refractivity contribution in [2.24, 2.45) is 0 Å². The van der Waals surface area contributed by atoms with E-state index >= 15 is 0 Å². The van der Waals surface area contributed by atoms with Crippen molar-refractivity contribution >= 4 is 32.6 Å². The predicted octanol–water partition coefficient (Wildman–Crippen LogP) is 3.88. The maximum Gasteiger partial charge on any atom is 0.261 e. The van der Waals surface area contributed by atoms with E-state index in [0.717, 1.165) is 15.8 Å². The third kappa shape index (κ3) is 3.23. The molecule has 130 valence electrons. The van der Waals surface area contributed by atoms with Crippen LogP contribution in [-0.4, -0.2) is 32.2 Å². The molecule has 1 N–H and O–H groups in total. The van der Waals surface area contributed by atoms with Gasteiger partial charge < -0.3 is 14.2 Å². The SMILES string of the molecule is COc1ccc(OC)c(C(=O)Nc2nc3c(OC)ccc(C)c3s2)c1. The Labute approximate surface area is 149 Å². The van der Waals surface area contributed by atoms with Gasteiger partial charge in [-0.25, -0.2) is 4.98 Å². The molecule has 0 unspecified atom stereocenters. The topological polar surface area (TPSA) is 69.7 Å². The maximum absolute atomic E-state index is 12.7. The van der Waals surface area contributed by atoms with E-state index in [1.807, 2.05) is 19.1 Å². The molecule has 3 rings (SSSR count). The van der Waals surface area contributed by atoms with E-state index in [1.165, 1.54) is 18.4 Å². The quantitative estimate of drug-likeness (QED) is 0.749. The molecule has 0 aliphatic rings. The van der Waals surface area contributed by atoms with Gasteiger partial charge >= 0.3 is 0 Å². The lowest BCUT2D eigenvalue weighted by atomic mass is 10.1. The molecule has 0 aliphatic heterocycles. The van der Waals surface area contributed by atoms with Crippen LogP contribution in [0.4, 0.5) is 5.13 Å². The molecular weight excluding hydrogens is 340 g/mol. The van der Waals surface area contributed by atoms with Crippen molar-refractivity contribution in [3.8, 4) is 17.2 Å². The van der Waals surface area contributed by atoms with Gasteiger partial charge in [0.15, 0.2) is 5.13 Å². The van der Waals surface area contributed by atoms with Crippen molar-refractivity contribution in [1.29, 1.82) is 0 Å². The summed E-state index contributed by atoms with van der Waals surface area (Å²) < 4.78 is 16.8. The summed E-state index contributed by atoms with van der Waals surface area (Å²) in [6.45, 7) is 2.00. The van der Waals surface area contributed by atoms with Gasteiger partial charge in [0.25, 0.3) is 5.91 Å². The average molecular weight is 358 g/mol. The smallest absolute Gasteiger partial charge is 0.261 e. The van der Waals surface area contributed by atoms with Gasteiger partial charge in [-0.1, -0.05) is 17.4 Å². The second kappa shape index (κ2) is 6.98. The van der Waals surface area contributed by atoms with Gasteiger partial charge in [-0.3, -0.25) is 10.1 Å². The minimum absolute atomic E-state index is 0.313. The number of ether oxygens (including phenoxy) is 3. The molecule has 7 heteroatoms. The minimum atomic E-state index is -0.313. The molecule has 0 spiro atoms. The van der Waals surface area contributed by atoms with Crippen LogP contribution >= 0.6 is 11.3 Å². The van der Waals surface area contributed by atoms with Crippen molar-refractivity contribution in [1.82, 2.24) is 4.98 Å². The van der Waals surface area contributed by atoms with E-state index in [2.05, 4.69) is 10.3 Å². The Bertz CT molecular complexity index is 936. The number of aryl methyl sites for hydroxylation is 1. The third-order valence-electron chi connectivity index (χ3n) is 3.80. The standard InChI is InChI=1S/C18H18N2O4S/c1-10-5-7-14(24-4)15-16(10)25-18(19-15)20-17(21)12-9-11(22-2)6-8-13(12)23-3/h5-9H,1-4H3,(H,19,20,21). The number of methoxy groups -OCH3 is 3. The van der Waals surface area contributed by atoms with Crippen molar-refractivity contribution in [2.75, 3.05) is 26.6 Å². The molecule has 3 aromatic rings. The highest BCUT2D eigenvalue weighted by molar-refractivity contribution is 7.22. The Morgan fingerprint density at radius 3 is 2.44 bits per heavy atom. The number of fused-ring (bicyclic) bond motifs is 1. The first-order valence-corrected chi connectivity index (χ1v) is 8.36. The molecule has 0 radical (unpaired) electrons. The highest BCUT2D eigenvalue weighted by Crippen LogP contribution is 2.35. The molecular formula is C18H18N2O4S. The number of rotatable bonds is 5. The molecule has 0 fully saturated rings. The number of thiazole rings is 1. The van der Waals surface area contributed by atoms with Crippen LogP contribution in [0.2, 0.25) is 0 Å². The second-order valence-electron chi connectivity index (χ2n) is 5.30. The number of anilines is 1.